The maximum absolute atomic E-state index is 11.8. The largest absolute Gasteiger partial charge is 0.370 e. The third kappa shape index (κ3) is 2.79. The minimum Gasteiger partial charge on any atom is -0.370 e. The summed E-state index contributed by atoms with van der Waals surface area (Å²) in [5.41, 5.74) is 1.34. The number of nitrogens with zero attached hydrogens (tertiary/aromatic N) is 3. The van der Waals surface area contributed by atoms with E-state index in [1.807, 2.05) is 12.1 Å². The molecule has 0 radical (unpaired) electrons. The molecule has 0 saturated carbocycles. The lowest BCUT2D eigenvalue weighted by Gasteiger charge is -2.28. The summed E-state index contributed by atoms with van der Waals surface area (Å²) >= 11 is 0. The summed E-state index contributed by atoms with van der Waals surface area (Å²) in [4.78, 5) is 18.4. The van der Waals surface area contributed by atoms with Crippen LogP contribution in [-0.2, 0) is 0 Å². The van der Waals surface area contributed by atoms with Crippen molar-refractivity contribution in [3.05, 3.63) is 36.4 Å². The van der Waals surface area contributed by atoms with Crippen LogP contribution in [0.4, 0.5) is 11.5 Å². The molecule has 0 spiro atoms. The lowest BCUT2D eigenvalue weighted by Crippen LogP contribution is -2.29. The molecule has 0 atom stereocenters. The highest BCUT2D eigenvalue weighted by molar-refractivity contribution is 6.02. The Morgan fingerprint density at radius 2 is 2.05 bits per heavy atom. The van der Waals surface area contributed by atoms with E-state index in [4.69, 9.17) is 0 Å². The van der Waals surface area contributed by atoms with Crippen LogP contribution in [0.15, 0.2) is 35.2 Å². The third-order valence-electron chi connectivity index (χ3n) is 3.38. The van der Waals surface area contributed by atoms with E-state index in [9.17, 15) is 4.79 Å². The predicted octanol–water partition coefficient (Wildman–Crippen LogP) is 2.31. The molecule has 2 aromatic rings. The fourth-order valence-corrected chi connectivity index (χ4v) is 2.31. The minimum atomic E-state index is -0.322. The Balaban J connectivity index is 1.65. The molecule has 2 aromatic heterocycles. The molecule has 0 aliphatic carbocycles. The Bertz CT molecular complexity index is 559. The number of hydrogen-bond acceptors (Lipinski definition) is 5. The molecule has 104 valence electrons. The Labute approximate surface area is 116 Å². The van der Waals surface area contributed by atoms with Crippen LogP contribution in [0.1, 0.15) is 29.8 Å². The molecule has 1 aliphatic heterocycles. The molecule has 3 heterocycles. The molecule has 3 rings (SSSR count). The summed E-state index contributed by atoms with van der Waals surface area (Å²) in [6.07, 6.45) is 6.91. The number of hydrogen-bond donors (Lipinski definition) is 1. The molecular formula is C14H16N4O2. The number of aromatic nitrogens is 2. The van der Waals surface area contributed by atoms with Crippen molar-refractivity contribution in [1.82, 2.24) is 10.1 Å². The van der Waals surface area contributed by atoms with E-state index >= 15 is 0 Å². The molecule has 1 amide bonds. The summed E-state index contributed by atoms with van der Waals surface area (Å²) in [5.74, 6) is 0.190. The first-order valence-corrected chi connectivity index (χ1v) is 6.76. The summed E-state index contributed by atoms with van der Waals surface area (Å²) in [7, 11) is 0. The first-order chi connectivity index (χ1) is 9.83. The van der Waals surface area contributed by atoms with E-state index in [-0.39, 0.29) is 11.6 Å². The quantitative estimate of drug-likeness (QED) is 0.928. The highest BCUT2D eigenvalue weighted by atomic mass is 16.5. The van der Waals surface area contributed by atoms with Gasteiger partial charge >= 0.3 is 0 Å². The number of rotatable bonds is 3. The van der Waals surface area contributed by atoms with Gasteiger partial charge < -0.3 is 14.7 Å². The van der Waals surface area contributed by atoms with E-state index in [2.05, 4.69) is 24.9 Å². The first-order valence-electron chi connectivity index (χ1n) is 6.76. The fraction of sp³-hybridized carbons (Fsp3) is 0.357. The van der Waals surface area contributed by atoms with Crippen molar-refractivity contribution in [2.75, 3.05) is 23.3 Å². The number of carbonyl (C=O) groups excluding carboxylic acids is 1. The summed E-state index contributed by atoms with van der Waals surface area (Å²) in [5, 5.41) is 6.26. The van der Waals surface area contributed by atoms with Gasteiger partial charge in [-0.3, -0.25) is 4.79 Å². The average molecular weight is 272 g/mol. The van der Waals surface area contributed by atoms with Crippen molar-refractivity contribution in [2.24, 2.45) is 0 Å². The summed E-state index contributed by atoms with van der Waals surface area (Å²) in [6, 6.07) is 5.30. The van der Waals surface area contributed by atoms with Crippen LogP contribution in [0.25, 0.3) is 0 Å². The SMILES string of the molecule is O=C(Nc1ccc(N2CCCCC2)cn1)c1ccon1. The summed E-state index contributed by atoms with van der Waals surface area (Å²) in [6.45, 7) is 2.15. The van der Waals surface area contributed by atoms with Gasteiger partial charge in [-0.25, -0.2) is 4.98 Å². The second-order valence-corrected chi connectivity index (χ2v) is 4.79. The molecule has 0 aromatic carbocycles. The highest BCUT2D eigenvalue weighted by Gasteiger charge is 2.12. The molecule has 1 aliphatic rings. The Morgan fingerprint density at radius 1 is 1.20 bits per heavy atom. The van der Waals surface area contributed by atoms with Gasteiger partial charge in [-0.2, -0.15) is 0 Å². The molecular weight excluding hydrogens is 256 g/mol. The van der Waals surface area contributed by atoms with Crippen LogP contribution in [0, 0.1) is 0 Å². The number of piperidine rings is 1. The maximum Gasteiger partial charge on any atom is 0.278 e. The number of carbonyl (C=O) groups is 1. The van der Waals surface area contributed by atoms with E-state index in [0.717, 1.165) is 18.8 Å². The Kier molecular flexibility index (Phi) is 3.62. The van der Waals surface area contributed by atoms with Gasteiger partial charge in [0.2, 0.25) is 0 Å². The van der Waals surface area contributed by atoms with Gasteiger partial charge in [0.1, 0.15) is 12.1 Å². The van der Waals surface area contributed by atoms with Crippen LogP contribution in [0.3, 0.4) is 0 Å². The van der Waals surface area contributed by atoms with Gasteiger partial charge in [0, 0.05) is 19.2 Å². The predicted molar refractivity (Wildman–Crippen MR) is 74.8 cm³/mol. The molecule has 6 nitrogen and oxygen atoms in total. The fourth-order valence-electron chi connectivity index (χ4n) is 2.31. The average Bonchev–Trinajstić information content (AvgIpc) is 3.03. The molecule has 0 bridgehead atoms. The Hall–Kier alpha value is -2.37. The lowest BCUT2D eigenvalue weighted by atomic mass is 10.1. The smallest absolute Gasteiger partial charge is 0.278 e. The monoisotopic (exact) mass is 272 g/mol. The van der Waals surface area contributed by atoms with Crippen molar-refractivity contribution < 1.29 is 9.32 Å². The standard InChI is InChI=1S/C14H16N4O2/c19-14(12-6-9-20-17-12)16-13-5-4-11(10-15-13)18-7-2-1-3-8-18/h4-6,9-10H,1-3,7-8H2,(H,15,16,19). The van der Waals surface area contributed by atoms with Crippen molar-refractivity contribution in [3.63, 3.8) is 0 Å². The van der Waals surface area contributed by atoms with E-state index in [1.165, 1.54) is 31.6 Å². The van der Waals surface area contributed by atoms with E-state index in [0.29, 0.717) is 5.82 Å². The van der Waals surface area contributed by atoms with Crippen LogP contribution in [0.5, 0.6) is 0 Å². The maximum atomic E-state index is 11.8. The molecule has 1 saturated heterocycles. The van der Waals surface area contributed by atoms with E-state index in [1.54, 1.807) is 6.20 Å². The number of nitrogens with one attached hydrogen (secondary N) is 1. The normalized spacial score (nSPS) is 15.1. The van der Waals surface area contributed by atoms with Crippen LogP contribution in [-0.4, -0.2) is 29.1 Å². The van der Waals surface area contributed by atoms with Crippen LogP contribution < -0.4 is 10.2 Å². The minimum absolute atomic E-state index is 0.243. The molecule has 20 heavy (non-hydrogen) atoms. The van der Waals surface area contributed by atoms with Gasteiger partial charge in [-0.1, -0.05) is 5.16 Å². The van der Waals surface area contributed by atoms with E-state index < -0.39 is 0 Å². The zero-order chi connectivity index (χ0) is 13.8. The van der Waals surface area contributed by atoms with Crippen molar-refractivity contribution >= 4 is 17.4 Å². The molecule has 0 unspecified atom stereocenters. The van der Waals surface area contributed by atoms with Crippen LogP contribution in [0.2, 0.25) is 0 Å². The van der Waals surface area contributed by atoms with Gasteiger partial charge in [-0.15, -0.1) is 0 Å². The third-order valence-corrected chi connectivity index (χ3v) is 3.38. The number of anilines is 2. The van der Waals surface area contributed by atoms with Crippen molar-refractivity contribution in [2.45, 2.75) is 19.3 Å². The highest BCUT2D eigenvalue weighted by Crippen LogP contribution is 2.20. The summed E-state index contributed by atoms with van der Waals surface area (Å²) < 4.78 is 4.63. The van der Waals surface area contributed by atoms with Crippen molar-refractivity contribution in [3.8, 4) is 0 Å². The molecule has 1 fully saturated rings. The first kappa shape index (κ1) is 12.7. The number of pyridine rings is 1. The van der Waals surface area contributed by atoms with Gasteiger partial charge in [0.15, 0.2) is 5.69 Å². The zero-order valence-electron chi connectivity index (χ0n) is 11.1. The van der Waals surface area contributed by atoms with Gasteiger partial charge in [-0.05, 0) is 31.4 Å². The van der Waals surface area contributed by atoms with Crippen molar-refractivity contribution in [1.29, 1.82) is 0 Å². The van der Waals surface area contributed by atoms with Gasteiger partial charge in [0.25, 0.3) is 5.91 Å². The lowest BCUT2D eigenvalue weighted by molar-refractivity contribution is 0.101. The van der Waals surface area contributed by atoms with Crippen LogP contribution >= 0.6 is 0 Å². The second-order valence-electron chi connectivity index (χ2n) is 4.79. The van der Waals surface area contributed by atoms with Gasteiger partial charge in [0.05, 0.1) is 11.9 Å². The number of amides is 1. The second kappa shape index (κ2) is 5.73. The zero-order valence-corrected chi connectivity index (χ0v) is 11.1. The topological polar surface area (TPSA) is 71.3 Å². The Morgan fingerprint density at radius 3 is 2.70 bits per heavy atom. The molecule has 6 heteroatoms. The molecule has 1 N–H and O–H groups in total.